The second-order valence-corrected chi connectivity index (χ2v) is 5.35. The van der Waals surface area contributed by atoms with Crippen LogP contribution in [0.3, 0.4) is 0 Å². The quantitative estimate of drug-likeness (QED) is 0.829. The fraction of sp³-hybridized carbons (Fsp3) is 0.917. The zero-order valence-corrected chi connectivity index (χ0v) is 11.6. The Hall–Kier alpha value is -0.280. The van der Waals surface area contributed by atoms with Gasteiger partial charge in [0, 0.05) is 13.1 Å². The predicted molar refractivity (Wildman–Crippen MR) is 69.6 cm³/mol. The van der Waals surface area contributed by atoms with E-state index >= 15 is 0 Å². The number of nitrogens with two attached hydrogens (primary N) is 1. The summed E-state index contributed by atoms with van der Waals surface area (Å²) in [5.74, 6) is 1.69. The van der Waals surface area contributed by atoms with E-state index in [0.717, 1.165) is 19.5 Å². The number of carbonyl (C=O) groups excluding carboxylic acids is 1. The van der Waals surface area contributed by atoms with Crippen molar-refractivity contribution >= 4 is 18.3 Å². The first kappa shape index (κ1) is 15.7. The van der Waals surface area contributed by atoms with Crippen LogP contribution in [0.1, 0.15) is 34.1 Å². The van der Waals surface area contributed by atoms with Gasteiger partial charge in [0.25, 0.3) is 0 Å². The minimum atomic E-state index is -0.323. The van der Waals surface area contributed by atoms with Gasteiger partial charge in [-0.25, -0.2) is 0 Å². The van der Waals surface area contributed by atoms with E-state index in [-0.39, 0.29) is 30.3 Å². The highest BCUT2D eigenvalue weighted by Crippen LogP contribution is 2.24. The predicted octanol–water partition coefficient (Wildman–Crippen LogP) is 1.90. The third-order valence-electron chi connectivity index (χ3n) is 3.48. The summed E-state index contributed by atoms with van der Waals surface area (Å²) < 4.78 is 0. The van der Waals surface area contributed by atoms with E-state index in [1.54, 1.807) is 0 Å². The summed E-state index contributed by atoms with van der Waals surface area (Å²) in [4.78, 5) is 13.9. The monoisotopic (exact) mass is 248 g/mol. The normalized spacial score (nSPS) is 22.4. The van der Waals surface area contributed by atoms with Gasteiger partial charge >= 0.3 is 0 Å². The Labute approximate surface area is 105 Å². The Kier molecular flexibility index (Phi) is 6.34. The average molecular weight is 249 g/mol. The lowest BCUT2D eigenvalue weighted by Gasteiger charge is -2.23. The minimum Gasteiger partial charge on any atom is -0.341 e. The second kappa shape index (κ2) is 6.45. The first-order valence-corrected chi connectivity index (χ1v) is 5.97. The van der Waals surface area contributed by atoms with Gasteiger partial charge in [-0.15, -0.1) is 12.4 Å². The van der Waals surface area contributed by atoms with Crippen molar-refractivity contribution in [2.75, 3.05) is 13.1 Å². The molecule has 16 heavy (non-hydrogen) atoms. The van der Waals surface area contributed by atoms with Crippen LogP contribution in [0, 0.1) is 17.8 Å². The molecule has 0 aliphatic carbocycles. The van der Waals surface area contributed by atoms with E-state index in [0.29, 0.717) is 11.8 Å². The number of rotatable bonds is 3. The number of nitrogens with zero attached hydrogens (tertiary/aromatic N) is 1. The highest BCUT2D eigenvalue weighted by Gasteiger charge is 2.31. The highest BCUT2D eigenvalue weighted by atomic mass is 35.5. The van der Waals surface area contributed by atoms with Crippen LogP contribution in [-0.4, -0.2) is 29.9 Å². The molecule has 1 heterocycles. The lowest BCUT2D eigenvalue weighted by atomic mass is 9.95. The summed E-state index contributed by atoms with van der Waals surface area (Å²) in [6.07, 6.45) is 1.13. The van der Waals surface area contributed by atoms with Gasteiger partial charge in [0.15, 0.2) is 0 Å². The third-order valence-corrected chi connectivity index (χ3v) is 3.48. The molecule has 4 heteroatoms. The van der Waals surface area contributed by atoms with Crippen molar-refractivity contribution in [3.63, 3.8) is 0 Å². The Morgan fingerprint density at radius 3 is 2.25 bits per heavy atom. The number of likely N-dealkylation sites (tertiary alicyclic amines) is 1. The van der Waals surface area contributed by atoms with Crippen LogP contribution in [0.5, 0.6) is 0 Å². The zero-order valence-electron chi connectivity index (χ0n) is 10.8. The molecular formula is C12H25ClN2O. The average Bonchev–Trinajstić information content (AvgIpc) is 2.64. The van der Waals surface area contributed by atoms with Crippen molar-refractivity contribution in [2.45, 2.75) is 40.2 Å². The van der Waals surface area contributed by atoms with Gasteiger partial charge in [-0.05, 0) is 24.2 Å². The summed E-state index contributed by atoms with van der Waals surface area (Å²) in [5, 5.41) is 0. The number of amides is 1. The third kappa shape index (κ3) is 3.63. The molecule has 3 nitrogen and oxygen atoms in total. The largest absolute Gasteiger partial charge is 0.341 e. The standard InChI is InChI=1S/C12H24N2O.ClH/c1-8(2)10-5-6-14(7-10)12(15)11(13)9(3)4;/h8-11H,5-7,13H2,1-4H3;1H/t10?,11-;/m0./s1. The first-order chi connectivity index (χ1) is 6.93. The summed E-state index contributed by atoms with van der Waals surface area (Å²) in [5.41, 5.74) is 5.87. The van der Waals surface area contributed by atoms with E-state index in [2.05, 4.69) is 13.8 Å². The SMILES string of the molecule is CC(C)C1CCN(C(=O)[C@@H](N)C(C)C)C1.Cl. The molecule has 1 saturated heterocycles. The van der Waals surface area contributed by atoms with Gasteiger partial charge in [0.05, 0.1) is 6.04 Å². The fourth-order valence-electron chi connectivity index (χ4n) is 2.03. The molecule has 0 aromatic carbocycles. The van der Waals surface area contributed by atoms with Crippen molar-refractivity contribution in [1.29, 1.82) is 0 Å². The van der Waals surface area contributed by atoms with Crippen molar-refractivity contribution in [3.8, 4) is 0 Å². The van der Waals surface area contributed by atoms with Crippen LogP contribution in [0.2, 0.25) is 0 Å². The molecule has 1 unspecified atom stereocenters. The van der Waals surface area contributed by atoms with Gasteiger partial charge in [0.2, 0.25) is 5.91 Å². The van der Waals surface area contributed by atoms with Crippen LogP contribution in [-0.2, 0) is 4.79 Å². The Morgan fingerprint density at radius 1 is 1.31 bits per heavy atom. The molecular weight excluding hydrogens is 224 g/mol. The van der Waals surface area contributed by atoms with E-state index in [1.807, 2.05) is 18.7 Å². The Morgan fingerprint density at radius 2 is 1.88 bits per heavy atom. The molecule has 0 aromatic heterocycles. The van der Waals surface area contributed by atoms with E-state index in [4.69, 9.17) is 5.73 Å². The molecule has 2 N–H and O–H groups in total. The number of hydrogen-bond acceptors (Lipinski definition) is 2. The van der Waals surface area contributed by atoms with Crippen molar-refractivity contribution < 1.29 is 4.79 Å². The van der Waals surface area contributed by atoms with E-state index < -0.39 is 0 Å². The van der Waals surface area contributed by atoms with Crippen molar-refractivity contribution in [2.24, 2.45) is 23.5 Å². The first-order valence-electron chi connectivity index (χ1n) is 5.97. The second-order valence-electron chi connectivity index (χ2n) is 5.35. The zero-order chi connectivity index (χ0) is 11.6. The summed E-state index contributed by atoms with van der Waals surface area (Å²) >= 11 is 0. The summed E-state index contributed by atoms with van der Waals surface area (Å²) in [7, 11) is 0. The van der Waals surface area contributed by atoms with Gasteiger partial charge in [-0.3, -0.25) is 4.79 Å². The topological polar surface area (TPSA) is 46.3 Å². The molecule has 1 rings (SSSR count). The van der Waals surface area contributed by atoms with Crippen LogP contribution in [0.4, 0.5) is 0 Å². The van der Waals surface area contributed by atoms with Crippen molar-refractivity contribution in [1.82, 2.24) is 4.90 Å². The molecule has 0 aromatic rings. The molecule has 1 amide bonds. The maximum Gasteiger partial charge on any atom is 0.239 e. The minimum absolute atomic E-state index is 0. The van der Waals surface area contributed by atoms with Gasteiger partial charge in [-0.1, -0.05) is 27.7 Å². The molecule has 1 aliphatic rings. The molecule has 1 aliphatic heterocycles. The van der Waals surface area contributed by atoms with Gasteiger partial charge < -0.3 is 10.6 Å². The fourth-order valence-corrected chi connectivity index (χ4v) is 2.03. The summed E-state index contributed by atoms with van der Waals surface area (Å²) in [6.45, 7) is 10.2. The Bertz CT molecular complexity index is 231. The summed E-state index contributed by atoms with van der Waals surface area (Å²) in [6, 6.07) is -0.323. The van der Waals surface area contributed by atoms with Crippen LogP contribution >= 0.6 is 12.4 Å². The number of carbonyl (C=O) groups is 1. The maximum atomic E-state index is 12.0. The highest BCUT2D eigenvalue weighted by molar-refractivity contribution is 5.85. The maximum absolute atomic E-state index is 12.0. The molecule has 0 bridgehead atoms. The van der Waals surface area contributed by atoms with Crippen LogP contribution < -0.4 is 5.73 Å². The Balaban J connectivity index is 0.00000225. The molecule has 0 saturated carbocycles. The molecule has 0 radical (unpaired) electrons. The molecule has 0 spiro atoms. The van der Waals surface area contributed by atoms with Gasteiger partial charge in [0.1, 0.15) is 0 Å². The van der Waals surface area contributed by atoms with E-state index in [1.165, 1.54) is 0 Å². The van der Waals surface area contributed by atoms with Crippen LogP contribution in [0.25, 0.3) is 0 Å². The number of halogens is 1. The van der Waals surface area contributed by atoms with E-state index in [9.17, 15) is 4.79 Å². The lowest BCUT2D eigenvalue weighted by Crippen LogP contribution is -2.45. The molecule has 96 valence electrons. The molecule has 1 fully saturated rings. The number of hydrogen-bond donors (Lipinski definition) is 1. The smallest absolute Gasteiger partial charge is 0.239 e. The van der Waals surface area contributed by atoms with Crippen LogP contribution in [0.15, 0.2) is 0 Å². The lowest BCUT2D eigenvalue weighted by molar-refractivity contribution is -0.132. The molecule has 2 atom stereocenters. The van der Waals surface area contributed by atoms with Crippen molar-refractivity contribution in [3.05, 3.63) is 0 Å². The van der Waals surface area contributed by atoms with Gasteiger partial charge in [-0.2, -0.15) is 0 Å².